The normalized spacial score (nSPS) is 8.42. The molecule has 0 N–H and O–H groups in total. The summed E-state index contributed by atoms with van der Waals surface area (Å²) in [7, 11) is 1.40. The van der Waals surface area contributed by atoms with E-state index in [0.717, 1.165) is 0 Å². The molecule has 0 aromatic carbocycles. The first-order chi connectivity index (χ1) is 7.86. The van der Waals surface area contributed by atoms with E-state index in [9.17, 15) is 4.79 Å². The molecule has 1 rings (SSSR count). The summed E-state index contributed by atoms with van der Waals surface area (Å²) in [4.78, 5) is 19.3. The van der Waals surface area contributed by atoms with Gasteiger partial charge in [-0.15, -0.1) is 0 Å². The van der Waals surface area contributed by atoms with Gasteiger partial charge in [0.05, 0.1) is 7.11 Å². The SMILES string of the molecule is COC(=O)Cn1ccc(C(C)C)c1.O=C([O-])[O-].[K+].[K+]. The average molecular weight is 319 g/mol. The van der Waals surface area contributed by atoms with Crippen LogP contribution in [0.4, 0.5) is 4.79 Å². The van der Waals surface area contributed by atoms with E-state index in [4.69, 9.17) is 15.0 Å². The zero-order chi connectivity index (χ0) is 13.4. The van der Waals surface area contributed by atoms with Crippen LogP contribution in [-0.2, 0) is 16.1 Å². The number of carbonyl (C=O) groups is 2. The van der Waals surface area contributed by atoms with Crippen LogP contribution in [0, 0.1) is 0 Å². The minimum absolute atomic E-state index is 0. The predicted molar refractivity (Wildman–Crippen MR) is 55.9 cm³/mol. The van der Waals surface area contributed by atoms with Crippen molar-refractivity contribution >= 4 is 12.1 Å². The summed E-state index contributed by atoms with van der Waals surface area (Å²) in [6, 6.07) is 2.02. The summed E-state index contributed by atoms with van der Waals surface area (Å²) in [6.45, 7) is 4.54. The van der Waals surface area contributed by atoms with Crippen LogP contribution in [0.15, 0.2) is 18.5 Å². The molecule has 96 valence electrons. The van der Waals surface area contributed by atoms with E-state index in [1.807, 2.05) is 23.0 Å². The van der Waals surface area contributed by atoms with E-state index >= 15 is 0 Å². The van der Waals surface area contributed by atoms with Gasteiger partial charge in [-0.1, -0.05) is 13.8 Å². The van der Waals surface area contributed by atoms with E-state index in [-0.39, 0.29) is 109 Å². The molecule has 0 unspecified atom stereocenters. The zero-order valence-corrected chi connectivity index (χ0v) is 18.3. The number of hydrogen-bond donors (Lipinski definition) is 0. The molecule has 0 atom stereocenters. The van der Waals surface area contributed by atoms with E-state index in [0.29, 0.717) is 12.5 Å². The third kappa shape index (κ3) is 14.0. The Hall–Kier alpha value is 1.29. The molecule has 19 heavy (non-hydrogen) atoms. The van der Waals surface area contributed by atoms with Gasteiger partial charge in [0.2, 0.25) is 0 Å². The van der Waals surface area contributed by atoms with E-state index < -0.39 is 6.16 Å². The molecule has 6 nitrogen and oxygen atoms in total. The molecule has 0 saturated carbocycles. The van der Waals surface area contributed by atoms with Crippen LogP contribution in [0.25, 0.3) is 0 Å². The monoisotopic (exact) mass is 319 g/mol. The summed E-state index contributed by atoms with van der Waals surface area (Å²) in [6.07, 6.45) is 1.54. The summed E-state index contributed by atoms with van der Waals surface area (Å²) >= 11 is 0. The second-order valence-electron chi connectivity index (χ2n) is 3.60. The molecule has 1 aromatic rings. The van der Waals surface area contributed by atoms with Gasteiger partial charge in [0.1, 0.15) is 6.54 Å². The Balaban J connectivity index is -0.000000379. The molecule has 0 bridgehead atoms. The van der Waals surface area contributed by atoms with Crippen molar-refractivity contribution in [3.8, 4) is 0 Å². The smallest absolute Gasteiger partial charge is 0.652 e. The number of nitrogens with zero attached hydrogens (tertiary/aromatic N) is 1. The zero-order valence-electron chi connectivity index (χ0n) is 12.0. The minimum atomic E-state index is -2.33. The van der Waals surface area contributed by atoms with Gasteiger partial charge in [0.15, 0.2) is 0 Å². The summed E-state index contributed by atoms with van der Waals surface area (Å²) in [5.74, 6) is 0.282. The quantitative estimate of drug-likeness (QED) is 0.408. The molecule has 0 saturated heterocycles. The minimum Gasteiger partial charge on any atom is -0.652 e. The van der Waals surface area contributed by atoms with Crippen molar-refractivity contribution in [3.05, 3.63) is 24.0 Å². The van der Waals surface area contributed by atoms with Crippen molar-refractivity contribution in [3.63, 3.8) is 0 Å². The number of carbonyl (C=O) groups excluding carboxylic acids is 2. The molecule has 0 radical (unpaired) electrons. The number of hydrogen-bond acceptors (Lipinski definition) is 5. The van der Waals surface area contributed by atoms with Crippen LogP contribution in [0.3, 0.4) is 0 Å². The first kappa shape index (κ1) is 25.3. The molecule has 0 aliphatic carbocycles. The van der Waals surface area contributed by atoms with E-state index in [2.05, 4.69) is 18.6 Å². The fourth-order valence-electron chi connectivity index (χ4n) is 1.11. The number of ether oxygens (including phenoxy) is 1. The Kier molecular flexibility index (Phi) is 18.9. The summed E-state index contributed by atoms with van der Waals surface area (Å²) in [5, 5.41) is 16.7. The van der Waals surface area contributed by atoms with Gasteiger partial charge in [-0.25, -0.2) is 0 Å². The average Bonchev–Trinajstić information content (AvgIpc) is 2.65. The number of rotatable bonds is 3. The third-order valence-corrected chi connectivity index (χ3v) is 1.98. The van der Waals surface area contributed by atoms with Gasteiger partial charge in [-0.05, 0) is 23.7 Å². The van der Waals surface area contributed by atoms with Crippen LogP contribution in [0.5, 0.6) is 0 Å². The van der Waals surface area contributed by atoms with Crippen LogP contribution >= 0.6 is 0 Å². The second kappa shape index (κ2) is 14.2. The van der Waals surface area contributed by atoms with Gasteiger partial charge in [0.25, 0.3) is 0 Å². The van der Waals surface area contributed by atoms with Crippen LogP contribution in [-0.4, -0.2) is 23.8 Å². The number of aromatic nitrogens is 1. The Morgan fingerprint density at radius 3 is 2.11 bits per heavy atom. The number of carboxylic acid groups (broad SMARTS) is 2. The van der Waals surface area contributed by atoms with E-state index in [1.54, 1.807) is 0 Å². The fourth-order valence-corrected chi connectivity index (χ4v) is 1.11. The number of methoxy groups -OCH3 is 1. The molecule has 0 spiro atoms. The molecule has 0 amide bonds. The summed E-state index contributed by atoms with van der Waals surface area (Å²) < 4.78 is 6.40. The first-order valence-electron chi connectivity index (χ1n) is 4.97. The maximum atomic E-state index is 10.9. The molecule has 8 heteroatoms. The fraction of sp³-hybridized carbons (Fsp3) is 0.455. The Bertz CT molecular complexity index is 375. The topological polar surface area (TPSA) is 94.4 Å². The molecule has 1 heterocycles. The van der Waals surface area contributed by atoms with Gasteiger partial charge >= 0.3 is 109 Å². The van der Waals surface area contributed by atoms with Crippen molar-refractivity contribution in [2.75, 3.05) is 7.11 Å². The maximum absolute atomic E-state index is 10.9. The van der Waals surface area contributed by atoms with Crippen molar-refractivity contribution in [2.24, 2.45) is 0 Å². The van der Waals surface area contributed by atoms with Crippen LogP contribution in [0.2, 0.25) is 0 Å². The Morgan fingerprint density at radius 2 is 1.79 bits per heavy atom. The van der Waals surface area contributed by atoms with Crippen molar-refractivity contribution in [1.29, 1.82) is 0 Å². The predicted octanol–water partition coefficient (Wildman–Crippen LogP) is -6.65. The maximum Gasteiger partial charge on any atom is 1.00 e. The molecule has 0 aliphatic heterocycles. The molecule has 0 aliphatic rings. The third-order valence-electron chi connectivity index (χ3n) is 1.98. The number of esters is 1. The molecular weight excluding hydrogens is 304 g/mol. The standard InChI is InChI=1S/C10H15NO2.CH2O3.2K/c1-8(2)9-4-5-11(6-9)7-10(12)13-3;2-1(3)4;;/h4-6,8H,7H2,1-3H3;(H2,2,3,4);;/q;;2*+1/p-2. The van der Waals surface area contributed by atoms with Crippen molar-refractivity contribution in [1.82, 2.24) is 4.57 Å². The Labute approximate surface area is 197 Å². The van der Waals surface area contributed by atoms with Gasteiger partial charge < -0.3 is 24.3 Å². The molecular formula is C11H15K2NO5. The Morgan fingerprint density at radius 1 is 1.32 bits per heavy atom. The van der Waals surface area contributed by atoms with E-state index in [1.165, 1.54) is 12.7 Å². The summed E-state index contributed by atoms with van der Waals surface area (Å²) in [5.41, 5.74) is 1.24. The first-order valence-corrected chi connectivity index (χ1v) is 4.97. The molecule has 1 aromatic heterocycles. The van der Waals surface area contributed by atoms with Crippen molar-refractivity contribution in [2.45, 2.75) is 26.3 Å². The molecule has 0 fully saturated rings. The van der Waals surface area contributed by atoms with Gasteiger partial charge in [-0.3, -0.25) is 4.79 Å². The second-order valence-corrected chi connectivity index (χ2v) is 3.60. The van der Waals surface area contributed by atoms with Gasteiger partial charge in [-0.2, -0.15) is 0 Å². The largest absolute Gasteiger partial charge is 1.00 e. The van der Waals surface area contributed by atoms with Gasteiger partial charge in [0, 0.05) is 12.4 Å². The van der Waals surface area contributed by atoms with Crippen LogP contribution in [0.1, 0.15) is 25.3 Å². The van der Waals surface area contributed by atoms with Crippen LogP contribution < -0.4 is 113 Å². The van der Waals surface area contributed by atoms with Crippen molar-refractivity contribution < 1.29 is 127 Å².